The molecule has 0 fully saturated rings. The molecule has 0 atom stereocenters. The largest absolute Gasteiger partial charge is 0.382 e. The molecule has 0 saturated heterocycles. The molecular formula is C10H12N6O. The van der Waals surface area contributed by atoms with Gasteiger partial charge in [-0.15, -0.1) is 0 Å². The Balaban J connectivity index is 2.01. The van der Waals surface area contributed by atoms with Gasteiger partial charge in [-0.2, -0.15) is 0 Å². The topological polar surface area (TPSA) is 98.7 Å². The minimum absolute atomic E-state index is 0.194. The van der Waals surface area contributed by atoms with Crippen molar-refractivity contribution in [3.63, 3.8) is 0 Å². The molecule has 0 aliphatic heterocycles. The number of nitrogen functional groups attached to an aromatic ring is 1. The summed E-state index contributed by atoms with van der Waals surface area (Å²) in [6.45, 7) is 0.332. The van der Waals surface area contributed by atoms with Crippen molar-refractivity contribution in [3.05, 3.63) is 36.3 Å². The van der Waals surface area contributed by atoms with Crippen molar-refractivity contribution < 1.29 is 4.79 Å². The highest BCUT2D eigenvalue weighted by molar-refractivity contribution is 5.92. The third-order valence-electron chi connectivity index (χ3n) is 2.21. The van der Waals surface area contributed by atoms with Gasteiger partial charge in [0.05, 0.1) is 18.9 Å². The van der Waals surface area contributed by atoms with E-state index in [1.807, 2.05) is 17.8 Å². The molecule has 0 aliphatic rings. The van der Waals surface area contributed by atoms with E-state index in [2.05, 4.69) is 20.3 Å². The molecule has 0 bridgehead atoms. The highest BCUT2D eigenvalue weighted by Gasteiger charge is 2.08. The van der Waals surface area contributed by atoms with Gasteiger partial charge in [0.1, 0.15) is 17.3 Å². The van der Waals surface area contributed by atoms with Crippen LogP contribution in [0.15, 0.2) is 24.8 Å². The molecule has 0 radical (unpaired) electrons. The lowest BCUT2D eigenvalue weighted by atomic mass is 10.4. The molecule has 0 aliphatic carbocycles. The molecule has 17 heavy (non-hydrogen) atoms. The first-order valence-electron chi connectivity index (χ1n) is 4.99. The van der Waals surface area contributed by atoms with Crippen LogP contribution in [-0.2, 0) is 13.6 Å². The summed E-state index contributed by atoms with van der Waals surface area (Å²) in [7, 11) is 1.86. The van der Waals surface area contributed by atoms with E-state index < -0.39 is 0 Å². The number of anilines is 1. The molecule has 88 valence electrons. The van der Waals surface area contributed by atoms with Crippen molar-refractivity contribution in [1.29, 1.82) is 0 Å². The first-order valence-corrected chi connectivity index (χ1v) is 4.99. The quantitative estimate of drug-likeness (QED) is 0.758. The van der Waals surface area contributed by atoms with Gasteiger partial charge < -0.3 is 15.6 Å². The van der Waals surface area contributed by atoms with E-state index in [1.165, 1.54) is 12.4 Å². The number of aryl methyl sites for hydroxylation is 1. The first-order chi connectivity index (χ1) is 8.16. The van der Waals surface area contributed by atoms with Crippen LogP contribution in [0.3, 0.4) is 0 Å². The molecule has 1 amide bonds. The van der Waals surface area contributed by atoms with Gasteiger partial charge in [-0.3, -0.25) is 9.78 Å². The Bertz CT molecular complexity index is 535. The zero-order chi connectivity index (χ0) is 12.3. The van der Waals surface area contributed by atoms with E-state index in [4.69, 9.17) is 5.73 Å². The van der Waals surface area contributed by atoms with Gasteiger partial charge in [0.25, 0.3) is 5.91 Å². The number of imidazole rings is 1. The van der Waals surface area contributed by atoms with Crippen LogP contribution >= 0.6 is 0 Å². The van der Waals surface area contributed by atoms with Crippen molar-refractivity contribution in [1.82, 2.24) is 24.8 Å². The van der Waals surface area contributed by atoms with Crippen LogP contribution in [0.2, 0.25) is 0 Å². The third-order valence-corrected chi connectivity index (χ3v) is 2.21. The molecule has 0 spiro atoms. The van der Waals surface area contributed by atoms with Gasteiger partial charge >= 0.3 is 0 Å². The monoisotopic (exact) mass is 232 g/mol. The van der Waals surface area contributed by atoms with Gasteiger partial charge in [0, 0.05) is 19.4 Å². The number of amides is 1. The van der Waals surface area contributed by atoms with Gasteiger partial charge in [0.15, 0.2) is 0 Å². The van der Waals surface area contributed by atoms with Gasteiger partial charge in [0.2, 0.25) is 0 Å². The van der Waals surface area contributed by atoms with E-state index in [9.17, 15) is 4.79 Å². The lowest BCUT2D eigenvalue weighted by molar-refractivity contribution is 0.0944. The minimum Gasteiger partial charge on any atom is -0.382 e. The van der Waals surface area contributed by atoms with Gasteiger partial charge in [-0.25, -0.2) is 9.97 Å². The fraction of sp³-hybridized carbons (Fsp3) is 0.200. The fourth-order valence-corrected chi connectivity index (χ4v) is 1.31. The molecule has 2 aromatic rings. The normalized spacial score (nSPS) is 10.2. The molecule has 7 nitrogen and oxygen atoms in total. The zero-order valence-corrected chi connectivity index (χ0v) is 9.29. The van der Waals surface area contributed by atoms with Crippen LogP contribution in [-0.4, -0.2) is 25.4 Å². The second-order valence-corrected chi connectivity index (χ2v) is 3.47. The predicted molar refractivity (Wildman–Crippen MR) is 60.8 cm³/mol. The summed E-state index contributed by atoms with van der Waals surface area (Å²) in [6, 6.07) is 0. The van der Waals surface area contributed by atoms with Gasteiger partial charge in [-0.1, -0.05) is 0 Å². The van der Waals surface area contributed by atoms with Crippen LogP contribution < -0.4 is 11.1 Å². The number of nitrogens with two attached hydrogens (primary N) is 1. The summed E-state index contributed by atoms with van der Waals surface area (Å²) in [4.78, 5) is 23.5. The van der Waals surface area contributed by atoms with Crippen molar-refractivity contribution in [2.24, 2.45) is 7.05 Å². The maximum Gasteiger partial charge on any atom is 0.271 e. The van der Waals surface area contributed by atoms with Crippen molar-refractivity contribution in [2.45, 2.75) is 6.54 Å². The number of hydrogen-bond donors (Lipinski definition) is 2. The lowest BCUT2D eigenvalue weighted by Crippen LogP contribution is -2.25. The average molecular weight is 232 g/mol. The molecule has 2 aromatic heterocycles. The van der Waals surface area contributed by atoms with Crippen molar-refractivity contribution in [2.75, 3.05) is 5.73 Å². The Labute approximate surface area is 97.7 Å². The van der Waals surface area contributed by atoms with Crippen LogP contribution in [0, 0.1) is 0 Å². The minimum atomic E-state index is -0.326. The summed E-state index contributed by atoms with van der Waals surface area (Å²) in [5.74, 6) is 0.651. The summed E-state index contributed by atoms with van der Waals surface area (Å²) >= 11 is 0. The Morgan fingerprint density at radius 1 is 1.53 bits per heavy atom. The number of hydrogen-bond acceptors (Lipinski definition) is 5. The Kier molecular flexibility index (Phi) is 2.99. The van der Waals surface area contributed by atoms with E-state index >= 15 is 0 Å². The number of rotatable bonds is 3. The van der Waals surface area contributed by atoms with Crippen LogP contribution in [0.1, 0.15) is 16.3 Å². The maximum absolute atomic E-state index is 11.7. The summed E-state index contributed by atoms with van der Waals surface area (Å²) in [5, 5.41) is 2.69. The van der Waals surface area contributed by atoms with E-state index in [0.717, 1.165) is 5.82 Å². The van der Waals surface area contributed by atoms with Crippen LogP contribution in [0.5, 0.6) is 0 Å². The molecule has 0 aromatic carbocycles. The Morgan fingerprint density at radius 2 is 2.35 bits per heavy atom. The van der Waals surface area contributed by atoms with E-state index in [0.29, 0.717) is 6.54 Å². The SMILES string of the molecule is Cn1ccnc1CNC(=O)c1cncc(N)n1. The molecule has 0 unspecified atom stereocenters. The second-order valence-electron chi connectivity index (χ2n) is 3.47. The maximum atomic E-state index is 11.7. The Morgan fingerprint density at radius 3 is 3.00 bits per heavy atom. The third kappa shape index (κ3) is 2.57. The van der Waals surface area contributed by atoms with Crippen LogP contribution in [0.4, 0.5) is 5.82 Å². The molecule has 7 heteroatoms. The summed E-state index contributed by atoms with van der Waals surface area (Å²) < 4.78 is 1.82. The number of nitrogens with zero attached hydrogens (tertiary/aromatic N) is 4. The fourth-order valence-electron chi connectivity index (χ4n) is 1.31. The number of carbonyl (C=O) groups excluding carboxylic acids is 1. The van der Waals surface area contributed by atoms with Gasteiger partial charge in [-0.05, 0) is 0 Å². The first kappa shape index (κ1) is 11.1. The highest BCUT2D eigenvalue weighted by atomic mass is 16.1. The average Bonchev–Trinajstić information content (AvgIpc) is 2.72. The van der Waals surface area contributed by atoms with Crippen molar-refractivity contribution >= 4 is 11.7 Å². The number of nitrogens with one attached hydrogen (secondary N) is 1. The summed E-state index contributed by atoms with van der Waals surface area (Å²) in [6.07, 6.45) is 6.23. The second kappa shape index (κ2) is 4.60. The predicted octanol–water partition coefficient (Wildman–Crippen LogP) is -0.278. The lowest BCUT2D eigenvalue weighted by Gasteiger charge is -2.04. The smallest absolute Gasteiger partial charge is 0.271 e. The summed E-state index contributed by atoms with van der Waals surface area (Å²) in [5.41, 5.74) is 5.63. The molecular weight excluding hydrogens is 220 g/mol. The van der Waals surface area contributed by atoms with E-state index in [1.54, 1.807) is 6.20 Å². The zero-order valence-electron chi connectivity index (χ0n) is 9.29. The highest BCUT2D eigenvalue weighted by Crippen LogP contribution is 1.98. The van der Waals surface area contributed by atoms with E-state index in [-0.39, 0.29) is 17.4 Å². The molecule has 0 saturated carbocycles. The Hall–Kier alpha value is -2.44. The number of carbonyl (C=O) groups is 1. The standard InChI is InChI=1S/C10H12N6O/c1-16-3-2-13-9(16)6-14-10(17)7-4-12-5-8(11)15-7/h2-5H,6H2,1H3,(H2,11,15)(H,14,17). The molecule has 2 rings (SSSR count). The van der Waals surface area contributed by atoms with Crippen molar-refractivity contribution in [3.8, 4) is 0 Å². The molecule has 3 N–H and O–H groups in total. The van der Waals surface area contributed by atoms with Crippen LogP contribution in [0.25, 0.3) is 0 Å². The number of aromatic nitrogens is 4. The molecule has 2 heterocycles.